The standard InChI is InChI=1S/C31H29F4N5O3/c32-17-10-31(6-1-7-40(31)12-17)15-42-30-37-28-22(29(38-30)39-13-19-3-4-20(14-39)43-19)11-36-27(26(28)35)21-9-18(41)8-16-2-5-23(33)25(34)24(16)21/h2,5,8-9,11,17,19-20,41H,1,3-4,6-7,10,12-15H2/t17?,19?,20?,31-/m0/s1. The largest absolute Gasteiger partial charge is 0.508 e. The molecule has 8 nitrogen and oxygen atoms in total. The van der Waals surface area contributed by atoms with Gasteiger partial charge in [-0.15, -0.1) is 0 Å². The summed E-state index contributed by atoms with van der Waals surface area (Å²) >= 11 is 0. The number of pyridine rings is 1. The maximum atomic E-state index is 16.5. The van der Waals surface area contributed by atoms with Gasteiger partial charge in [0.1, 0.15) is 35.6 Å². The molecule has 0 amide bonds. The molecule has 4 aliphatic heterocycles. The van der Waals surface area contributed by atoms with Crippen LogP contribution in [0.2, 0.25) is 0 Å². The van der Waals surface area contributed by atoms with Crippen LogP contribution in [0.4, 0.5) is 23.4 Å². The summed E-state index contributed by atoms with van der Waals surface area (Å²) in [5.41, 5.74) is -0.973. The number of nitrogens with zero attached hydrogens (tertiary/aromatic N) is 5. The smallest absolute Gasteiger partial charge is 0.319 e. The number of alkyl halides is 1. The molecule has 3 unspecified atom stereocenters. The summed E-state index contributed by atoms with van der Waals surface area (Å²) in [6, 6.07) is 4.63. The van der Waals surface area contributed by atoms with Gasteiger partial charge in [0, 0.05) is 43.2 Å². The molecule has 0 radical (unpaired) electrons. The van der Waals surface area contributed by atoms with E-state index in [9.17, 15) is 13.9 Å². The zero-order chi connectivity index (χ0) is 29.5. The third-order valence-electron chi connectivity index (χ3n) is 9.46. The highest BCUT2D eigenvalue weighted by Crippen LogP contribution is 2.42. The fourth-order valence-corrected chi connectivity index (χ4v) is 7.52. The molecule has 0 aliphatic carbocycles. The van der Waals surface area contributed by atoms with E-state index in [-0.39, 0.29) is 58.1 Å². The molecule has 1 N–H and O–H groups in total. The highest BCUT2D eigenvalue weighted by atomic mass is 19.2. The van der Waals surface area contributed by atoms with Crippen molar-refractivity contribution in [2.45, 2.75) is 56.0 Å². The number of anilines is 1. The van der Waals surface area contributed by atoms with Gasteiger partial charge in [0.15, 0.2) is 17.5 Å². The van der Waals surface area contributed by atoms with Crippen LogP contribution in [0.25, 0.3) is 32.9 Å². The van der Waals surface area contributed by atoms with Gasteiger partial charge in [0.05, 0.1) is 23.1 Å². The number of aromatic nitrogens is 3. The van der Waals surface area contributed by atoms with Crippen molar-refractivity contribution in [3.63, 3.8) is 0 Å². The summed E-state index contributed by atoms with van der Waals surface area (Å²) in [5.74, 6) is -2.98. The third kappa shape index (κ3) is 4.36. The highest BCUT2D eigenvalue weighted by molar-refractivity contribution is 6.00. The average Bonchev–Trinajstić information content (AvgIpc) is 3.63. The van der Waals surface area contributed by atoms with Crippen LogP contribution < -0.4 is 9.64 Å². The molecular weight excluding hydrogens is 566 g/mol. The Morgan fingerprint density at radius 3 is 2.67 bits per heavy atom. The average molecular weight is 596 g/mol. The van der Waals surface area contributed by atoms with E-state index >= 15 is 8.78 Å². The second kappa shape index (κ2) is 9.88. The van der Waals surface area contributed by atoms with Gasteiger partial charge >= 0.3 is 6.01 Å². The van der Waals surface area contributed by atoms with Gasteiger partial charge in [-0.3, -0.25) is 9.88 Å². The lowest BCUT2D eigenvalue weighted by atomic mass is 9.95. The number of fused-ring (bicyclic) bond motifs is 5. The Labute approximate surface area is 244 Å². The molecule has 224 valence electrons. The quantitative estimate of drug-likeness (QED) is 0.312. The normalized spacial score (nSPS) is 27.0. The predicted molar refractivity (Wildman–Crippen MR) is 150 cm³/mol. The number of phenols is 1. The van der Waals surface area contributed by atoms with Crippen molar-refractivity contribution in [3.8, 4) is 23.0 Å². The van der Waals surface area contributed by atoms with Crippen molar-refractivity contribution < 1.29 is 32.1 Å². The molecule has 4 fully saturated rings. The van der Waals surface area contributed by atoms with Crippen LogP contribution in [0.1, 0.15) is 32.1 Å². The number of ether oxygens (including phenoxy) is 2. The fraction of sp³-hybridized carbons (Fsp3) is 0.452. The van der Waals surface area contributed by atoms with E-state index in [0.717, 1.165) is 44.4 Å². The van der Waals surface area contributed by atoms with E-state index in [1.807, 2.05) is 4.90 Å². The molecule has 2 bridgehead atoms. The van der Waals surface area contributed by atoms with Crippen molar-refractivity contribution in [3.05, 3.63) is 47.9 Å². The number of rotatable bonds is 5. The Morgan fingerprint density at radius 1 is 1.05 bits per heavy atom. The number of morpholine rings is 1. The monoisotopic (exact) mass is 595 g/mol. The lowest BCUT2D eigenvalue weighted by Gasteiger charge is -2.34. The first-order valence-corrected chi connectivity index (χ1v) is 14.7. The molecule has 0 saturated carbocycles. The molecule has 0 spiro atoms. The van der Waals surface area contributed by atoms with Gasteiger partial charge in [-0.25, -0.2) is 17.6 Å². The van der Waals surface area contributed by atoms with Crippen LogP contribution >= 0.6 is 0 Å². The molecule has 4 atom stereocenters. The zero-order valence-corrected chi connectivity index (χ0v) is 23.2. The number of aromatic hydroxyl groups is 1. The van der Waals surface area contributed by atoms with Gasteiger partial charge in [-0.05, 0) is 55.8 Å². The topological polar surface area (TPSA) is 83.8 Å². The van der Waals surface area contributed by atoms with Crippen LogP contribution in [-0.2, 0) is 4.74 Å². The summed E-state index contributed by atoms with van der Waals surface area (Å²) in [5, 5.41) is 10.7. The molecule has 12 heteroatoms. The Bertz CT molecular complexity index is 1760. The van der Waals surface area contributed by atoms with Crippen molar-refractivity contribution in [1.82, 2.24) is 19.9 Å². The van der Waals surface area contributed by atoms with Gasteiger partial charge in [0.2, 0.25) is 0 Å². The van der Waals surface area contributed by atoms with Crippen LogP contribution in [0.5, 0.6) is 11.8 Å². The second-order valence-corrected chi connectivity index (χ2v) is 12.2. The zero-order valence-electron chi connectivity index (χ0n) is 23.2. The highest BCUT2D eigenvalue weighted by Gasteiger charge is 2.49. The number of phenolic OH excluding ortho intramolecular Hbond substituents is 1. The summed E-state index contributed by atoms with van der Waals surface area (Å²) in [6.45, 7) is 2.42. The first-order chi connectivity index (χ1) is 20.8. The first-order valence-electron chi connectivity index (χ1n) is 14.7. The van der Waals surface area contributed by atoms with E-state index in [0.29, 0.717) is 37.3 Å². The Hall–Kier alpha value is -3.77. The van der Waals surface area contributed by atoms with Crippen LogP contribution in [0, 0.1) is 17.5 Å². The van der Waals surface area contributed by atoms with E-state index < -0.39 is 29.2 Å². The molecule has 4 aliphatic rings. The lowest BCUT2D eigenvalue weighted by molar-refractivity contribution is 0.0302. The molecule has 2 aromatic heterocycles. The molecule has 8 rings (SSSR count). The summed E-state index contributed by atoms with van der Waals surface area (Å²) in [4.78, 5) is 17.6. The fourth-order valence-electron chi connectivity index (χ4n) is 7.52. The van der Waals surface area contributed by atoms with E-state index in [2.05, 4.69) is 14.9 Å². The van der Waals surface area contributed by atoms with Gasteiger partial charge in [-0.1, -0.05) is 6.07 Å². The maximum absolute atomic E-state index is 16.5. The minimum atomic E-state index is -1.17. The lowest BCUT2D eigenvalue weighted by Crippen LogP contribution is -2.44. The Morgan fingerprint density at radius 2 is 1.86 bits per heavy atom. The number of benzene rings is 2. The number of hydrogen-bond acceptors (Lipinski definition) is 8. The van der Waals surface area contributed by atoms with Crippen LogP contribution in [0.3, 0.4) is 0 Å². The predicted octanol–water partition coefficient (Wildman–Crippen LogP) is 5.29. The van der Waals surface area contributed by atoms with Gasteiger partial charge in [-0.2, -0.15) is 9.97 Å². The molecule has 2 aromatic carbocycles. The summed E-state index contributed by atoms with van der Waals surface area (Å²) in [6.07, 6.45) is 4.44. The van der Waals surface area contributed by atoms with Crippen molar-refractivity contribution in [2.75, 3.05) is 37.7 Å². The van der Waals surface area contributed by atoms with Crippen LogP contribution in [0.15, 0.2) is 30.5 Å². The van der Waals surface area contributed by atoms with E-state index in [1.165, 1.54) is 18.3 Å². The van der Waals surface area contributed by atoms with Crippen molar-refractivity contribution in [1.29, 1.82) is 0 Å². The van der Waals surface area contributed by atoms with E-state index in [1.54, 1.807) is 0 Å². The molecule has 4 aromatic rings. The number of halogens is 4. The minimum Gasteiger partial charge on any atom is -0.508 e. The molecule has 43 heavy (non-hydrogen) atoms. The SMILES string of the molecule is Oc1cc(-c2ncc3c(N4CC5CCC(C4)O5)nc(OC[C@@]45CCCN4CC(F)C5)nc3c2F)c2c(F)c(F)ccc2c1. The van der Waals surface area contributed by atoms with Gasteiger partial charge < -0.3 is 19.5 Å². The Kier molecular flexibility index (Phi) is 6.16. The van der Waals surface area contributed by atoms with Crippen molar-refractivity contribution in [2.24, 2.45) is 0 Å². The maximum Gasteiger partial charge on any atom is 0.319 e. The molecular formula is C31H29F4N5O3. The van der Waals surface area contributed by atoms with Crippen LogP contribution in [-0.4, -0.2) is 81.7 Å². The molecule has 6 heterocycles. The minimum absolute atomic E-state index is 0.0210. The summed E-state index contributed by atoms with van der Waals surface area (Å²) in [7, 11) is 0. The van der Waals surface area contributed by atoms with Crippen molar-refractivity contribution >= 4 is 27.5 Å². The van der Waals surface area contributed by atoms with Gasteiger partial charge in [0.25, 0.3) is 0 Å². The first kappa shape index (κ1) is 26.8. The molecule has 4 saturated heterocycles. The number of hydrogen-bond donors (Lipinski definition) is 1. The van der Waals surface area contributed by atoms with E-state index in [4.69, 9.17) is 14.5 Å². The second-order valence-electron chi connectivity index (χ2n) is 12.2. The Balaban J connectivity index is 1.26. The third-order valence-corrected chi connectivity index (χ3v) is 9.46. The summed E-state index contributed by atoms with van der Waals surface area (Å²) < 4.78 is 72.4.